The number of Topliss-reactive ketones (excluding diaryl/α,β-unsaturated/α-hetero) is 1. The molecule has 0 spiro atoms. The van der Waals surface area contributed by atoms with Crippen LogP contribution in [-0.2, 0) is 22.4 Å². The normalized spacial score (nSPS) is 20.0. The highest BCUT2D eigenvalue weighted by atomic mass is 16.3. The summed E-state index contributed by atoms with van der Waals surface area (Å²) < 4.78 is 0. The Balaban J connectivity index is 1.71. The Morgan fingerprint density at radius 2 is 1.72 bits per heavy atom. The van der Waals surface area contributed by atoms with E-state index in [-0.39, 0.29) is 11.3 Å². The van der Waals surface area contributed by atoms with E-state index in [1.165, 1.54) is 17.5 Å². The molecule has 0 bridgehead atoms. The number of benzene rings is 3. The quantitative estimate of drug-likeness (QED) is 0.339. The Kier molecular flexibility index (Phi) is 5.30. The van der Waals surface area contributed by atoms with Gasteiger partial charge in [0.25, 0.3) is 11.7 Å². The Morgan fingerprint density at radius 3 is 2.53 bits per heavy atom. The van der Waals surface area contributed by atoms with Gasteiger partial charge in [-0.2, -0.15) is 0 Å². The van der Waals surface area contributed by atoms with Crippen molar-refractivity contribution in [3.05, 3.63) is 88.5 Å². The third-order valence-electron chi connectivity index (χ3n) is 6.74. The number of likely N-dealkylation sites (tertiary alicyclic amines) is 1. The zero-order chi connectivity index (χ0) is 22.2. The van der Waals surface area contributed by atoms with Gasteiger partial charge in [0.1, 0.15) is 5.76 Å². The number of aryl methyl sites for hydroxylation is 2. The topological polar surface area (TPSA) is 57.6 Å². The minimum Gasteiger partial charge on any atom is -0.507 e. The van der Waals surface area contributed by atoms with Crippen molar-refractivity contribution >= 4 is 28.2 Å². The lowest BCUT2D eigenvalue weighted by molar-refractivity contribution is -0.139. The first-order valence-electron chi connectivity index (χ1n) is 11.5. The highest BCUT2D eigenvalue weighted by Gasteiger charge is 2.46. The Hall–Kier alpha value is -3.40. The molecular formula is C28H27NO3. The lowest BCUT2D eigenvalue weighted by Gasteiger charge is -2.26. The minimum absolute atomic E-state index is 0.0757. The number of carbonyl (C=O) groups excluding carboxylic acids is 2. The summed E-state index contributed by atoms with van der Waals surface area (Å²) in [6.45, 7) is 2.45. The van der Waals surface area contributed by atoms with Crippen molar-refractivity contribution in [3.63, 3.8) is 0 Å². The van der Waals surface area contributed by atoms with Crippen LogP contribution in [0.1, 0.15) is 54.5 Å². The number of amides is 1. The lowest BCUT2D eigenvalue weighted by Crippen LogP contribution is -2.30. The summed E-state index contributed by atoms with van der Waals surface area (Å²) in [5.74, 6) is -1.22. The van der Waals surface area contributed by atoms with Crippen LogP contribution in [0, 0.1) is 0 Å². The SMILES string of the molecule is CCCN1C(=O)C(=O)/C(=C(\O)c2ccc3c(c2)CCCC3)C1c1cccc2ccccc12. The molecule has 5 rings (SSSR count). The molecule has 0 aromatic heterocycles. The number of fused-ring (bicyclic) bond motifs is 2. The van der Waals surface area contributed by atoms with E-state index < -0.39 is 17.7 Å². The van der Waals surface area contributed by atoms with Crippen LogP contribution in [0.25, 0.3) is 16.5 Å². The summed E-state index contributed by atoms with van der Waals surface area (Å²) in [5.41, 5.74) is 4.21. The number of hydrogen-bond acceptors (Lipinski definition) is 3. The van der Waals surface area contributed by atoms with Gasteiger partial charge in [0.05, 0.1) is 11.6 Å². The molecule has 1 aliphatic heterocycles. The molecule has 2 aliphatic rings. The molecular weight excluding hydrogens is 398 g/mol. The van der Waals surface area contributed by atoms with E-state index in [1.54, 1.807) is 4.90 Å². The Morgan fingerprint density at radius 1 is 0.969 bits per heavy atom. The van der Waals surface area contributed by atoms with Crippen LogP contribution >= 0.6 is 0 Å². The maximum Gasteiger partial charge on any atom is 0.295 e. The van der Waals surface area contributed by atoms with E-state index in [0.717, 1.165) is 42.0 Å². The van der Waals surface area contributed by atoms with E-state index in [9.17, 15) is 14.7 Å². The van der Waals surface area contributed by atoms with Crippen molar-refractivity contribution in [2.75, 3.05) is 6.54 Å². The maximum atomic E-state index is 13.2. The fourth-order valence-electron chi connectivity index (χ4n) is 5.20. The molecule has 1 N–H and O–H groups in total. The van der Waals surface area contributed by atoms with Crippen LogP contribution in [0.5, 0.6) is 0 Å². The molecule has 4 nitrogen and oxygen atoms in total. The fraction of sp³-hybridized carbons (Fsp3) is 0.286. The average molecular weight is 426 g/mol. The first-order valence-corrected chi connectivity index (χ1v) is 11.5. The molecule has 1 aliphatic carbocycles. The van der Waals surface area contributed by atoms with Crippen LogP contribution in [0.2, 0.25) is 0 Å². The van der Waals surface area contributed by atoms with Crippen molar-refractivity contribution in [2.24, 2.45) is 0 Å². The van der Waals surface area contributed by atoms with E-state index in [2.05, 4.69) is 6.07 Å². The number of aliphatic hydroxyl groups excluding tert-OH is 1. The standard InChI is InChI=1S/C28H27NO3/c1-2-16-29-25(23-13-7-11-19-9-5-6-12-22(19)23)24(27(31)28(29)32)26(30)21-15-14-18-8-3-4-10-20(18)17-21/h5-7,9,11-15,17,25,30H,2-4,8,10,16H2,1H3/b26-24-. The number of aliphatic hydroxyl groups is 1. The number of carbonyl (C=O) groups is 2. The predicted octanol–water partition coefficient (Wildman–Crippen LogP) is 5.55. The third kappa shape index (κ3) is 3.31. The van der Waals surface area contributed by atoms with E-state index >= 15 is 0 Å². The summed E-state index contributed by atoms with van der Waals surface area (Å²) in [4.78, 5) is 27.8. The van der Waals surface area contributed by atoms with Gasteiger partial charge >= 0.3 is 0 Å². The molecule has 1 atom stereocenters. The van der Waals surface area contributed by atoms with Gasteiger partial charge in [-0.05, 0) is 65.6 Å². The molecule has 32 heavy (non-hydrogen) atoms. The van der Waals surface area contributed by atoms with Gasteiger partial charge in [0, 0.05) is 12.1 Å². The van der Waals surface area contributed by atoms with Crippen LogP contribution in [-0.4, -0.2) is 28.2 Å². The number of rotatable bonds is 4. The lowest BCUT2D eigenvalue weighted by atomic mass is 9.88. The summed E-state index contributed by atoms with van der Waals surface area (Å²) >= 11 is 0. The maximum absolute atomic E-state index is 13.2. The molecule has 1 amide bonds. The van der Waals surface area contributed by atoms with Crippen molar-refractivity contribution < 1.29 is 14.7 Å². The van der Waals surface area contributed by atoms with Crippen LogP contribution in [0.4, 0.5) is 0 Å². The van der Waals surface area contributed by atoms with E-state index in [4.69, 9.17) is 0 Å². The second-order valence-electron chi connectivity index (χ2n) is 8.75. The molecule has 3 aromatic rings. The predicted molar refractivity (Wildman–Crippen MR) is 126 cm³/mol. The number of ketones is 1. The Labute approximate surface area is 188 Å². The van der Waals surface area contributed by atoms with E-state index in [0.29, 0.717) is 12.1 Å². The summed E-state index contributed by atoms with van der Waals surface area (Å²) in [6, 6.07) is 19.2. The second kappa shape index (κ2) is 8.27. The molecule has 0 saturated carbocycles. The van der Waals surface area contributed by atoms with Gasteiger partial charge in [-0.1, -0.05) is 61.5 Å². The van der Waals surface area contributed by atoms with Crippen LogP contribution < -0.4 is 0 Å². The largest absolute Gasteiger partial charge is 0.507 e. The molecule has 1 fully saturated rings. The Bertz CT molecular complexity index is 1250. The van der Waals surface area contributed by atoms with Gasteiger partial charge in [-0.15, -0.1) is 0 Å². The number of hydrogen-bond donors (Lipinski definition) is 1. The molecule has 3 aromatic carbocycles. The first-order chi connectivity index (χ1) is 15.6. The molecule has 4 heteroatoms. The van der Waals surface area contributed by atoms with Crippen molar-refractivity contribution in [1.29, 1.82) is 0 Å². The smallest absolute Gasteiger partial charge is 0.295 e. The van der Waals surface area contributed by atoms with Crippen LogP contribution in [0.3, 0.4) is 0 Å². The summed E-state index contributed by atoms with van der Waals surface area (Å²) in [6.07, 6.45) is 5.07. The highest BCUT2D eigenvalue weighted by Crippen LogP contribution is 2.42. The minimum atomic E-state index is -0.605. The fourth-order valence-corrected chi connectivity index (χ4v) is 5.20. The van der Waals surface area contributed by atoms with Gasteiger partial charge in [-0.25, -0.2) is 0 Å². The molecule has 1 heterocycles. The first kappa shape index (κ1) is 20.5. The van der Waals surface area contributed by atoms with Gasteiger partial charge in [0.15, 0.2) is 0 Å². The summed E-state index contributed by atoms with van der Waals surface area (Å²) in [7, 11) is 0. The van der Waals surface area contributed by atoms with Gasteiger partial charge < -0.3 is 10.0 Å². The third-order valence-corrected chi connectivity index (χ3v) is 6.74. The zero-order valence-corrected chi connectivity index (χ0v) is 18.3. The average Bonchev–Trinajstić information content (AvgIpc) is 3.08. The van der Waals surface area contributed by atoms with Gasteiger partial charge in [-0.3, -0.25) is 9.59 Å². The van der Waals surface area contributed by atoms with Crippen LogP contribution in [0.15, 0.2) is 66.2 Å². The number of nitrogens with zero attached hydrogens (tertiary/aromatic N) is 1. The summed E-state index contributed by atoms with van der Waals surface area (Å²) in [5, 5.41) is 13.4. The van der Waals surface area contributed by atoms with Crippen molar-refractivity contribution in [3.8, 4) is 0 Å². The molecule has 1 saturated heterocycles. The second-order valence-corrected chi connectivity index (χ2v) is 8.75. The van der Waals surface area contributed by atoms with Crippen molar-refractivity contribution in [2.45, 2.75) is 45.1 Å². The molecule has 1 unspecified atom stereocenters. The zero-order valence-electron chi connectivity index (χ0n) is 18.3. The molecule has 162 valence electrons. The monoisotopic (exact) mass is 425 g/mol. The highest BCUT2D eigenvalue weighted by molar-refractivity contribution is 6.46. The molecule has 0 radical (unpaired) electrons. The van der Waals surface area contributed by atoms with Gasteiger partial charge in [0.2, 0.25) is 0 Å². The van der Waals surface area contributed by atoms with E-state index in [1.807, 2.05) is 61.5 Å². The van der Waals surface area contributed by atoms with Crippen molar-refractivity contribution in [1.82, 2.24) is 4.90 Å².